The fraction of sp³-hybridized carbons (Fsp3) is 1.00. The van der Waals surface area contributed by atoms with Crippen LogP contribution in [-0.2, 0) is 11.3 Å². The molecule has 0 aromatic heterocycles. The molecule has 2 N–H and O–H groups in total. The standard InChI is InChI=1S/C5H11NO3S/c7-5-2-1-3-6(4-5)10(8)9/h5,7H,1-4H2,(H,8,9). The van der Waals surface area contributed by atoms with Crippen LogP contribution >= 0.6 is 0 Å². The van der Waals surface area contributed by atoms with Crippen LogP contribution in [0.3, 0.4) is 0 Å². The third kappa shape index (κ3) is 2.02. The second kappa shape index (κ2) is 3.43. The molecule has 2 atom stereocenters. The fourth-order valence-electron chi connectivity index (χ4n) is 1.06. The van der Waals surface area contributed by atoms with E-state index in [0.29, 0.717) is 13.1 Å². The van der Waals surface area contributed by atoms with E-state index in [9.17, 15) is 4.21 Å². The van der Waals surface area contributed by atoms with Crippen LogP contribution in [0.2, 0.25) is 0 Å². The predicted octanol–water partition coefficient (Wildman–Crippen LogP) is -0.420. The smallest absolute Gasteiger partial charge is 0.234 e. The highest BCUT2D eigenvalue weighted by Gasteiger charge is 2.20. The molecule has 0 saturated carbocycles. The average molecular weight is 165 g/mol. The van der Waals surface area contributed by atoms with Gasteiger partial charge in [0.15, 0.2) is 0 Å². The predicted molar refractivity (Wildman–Crippen MR) is 37.6 cm³/mol. The topological polar surface area (TPSA) is 60.8 Å². The van der Waals surface area contributed by atoms with Gasteiger partial charge in [0.1, 0.15) is 0 Å². The lowest BCUT2D eigenvalue weighted by Gasteiger charge is -2.25. The van der Waals surface area contributed by atoms with Gasteiger partial charge in [0, 0.05) is 13.1 Å². The van der Waals surface area contributed by atoms with Gasteiger partial charge in [-0.15, -0.1) is 0 Å². The maximum absolute atomic E-state index is 10.4. The highest BCUT2D eigenvalue weighted by molar-refractivity contribution is 7.76. The van der Waals surface area contributed by atoms with E-state index in [0.717, 1.165) is 12.8 Å². The summed E-state index contributed by atoms with van der Waals surface area (Å²) in [6.45, 7) is 0.934. The largest absolute Gasteiger partial charge is 0.392 e. The summed E-state index contributed by atoms with van der Waals surface area (Å²) in [6, 6.07) is 0. The molecular weight excluding hydrogens is 154 g/mol. The Morgan fingerprint density at radius 2 is 2.30 bits per heavy atom. The van der Waals surface area contributed by atoms with Crippen molar-refractivity contribution < 1.29 is 13.9 Å². The van der Waals surface area contributed by atoms with Crippen molar-refractivity contribution in [3.63, 3.8) is 0 Å². The molecule has 10 heavy (non-hydrogen) atoms. The normalized spacial score (nSPS) is 32.0. The molecule has 2 unspecified atom stereocenters. The van der Waals surface area contributed by atoms with Crippen LogP contribution in [0.4, 0.5) is 0 Å². The summed E-state index contributed by atoms with van der Waals surface area (Å²) < 4.78 is 20.4. The zero-order valence-electron chi connectivity index (χ0n) is 5.56. The Balaban J connectivity index is 2.39. The molecule has 1 aliphatic rings. The highest BCUT2D eigenvalue weighted by atomic mass is 32.2. The van der Waals surface area contributed by atoms with Gasteiger partial charge in [-0.1, -0.05) is 0 Å². The average Bonchev–Trinajstić information content (AvgIpc) is 1.88. The van der Waals surface area contributed by atoms with E-state index < -0.39 is 17.4 Å². The molecule has 60 valence electrons. The number of aliphatic hydroxyl groups excluding tert-OH is 1. The van der Waals surface area contributed by atoms with E-state index in [1.165, 1.54) is 4.31 Å². The lowest BCUT2D eigenvalue weighted by molar-refractivity contribution is 0.107. The van der Waals surface area contributed by atoms with Crippen LogP contribution in [-0.4, -0.2) is 37.4 Å². The van der Waals surface area contributed by atoms with E-state index in [2.05, 4.69) is 0 Å². The lowest BCUT2D eigenvalue weighted by Crippen LogP contribution is -2.38. The van der Waals surface area contributed by atoms with Crippen LogP contribution in [0, 0.1) is 0 Å². The Bertz CT molecular complexity index is 141. The molecular formula is C5H11NO3S. The van der Waals surface area contributed by atoms with Crippen LogP contribution in [0.25, 0.3) is 0 Å². The molecule has 4 nitrogen and oxygen atoms in total. The van der Waals surface area contributed by atoms with E-state index in [1.54, 1.807) is 0 Å². The minimum absolute atomic E-state index is 0.323. The van der Waals surface area contributed by atoms with Gasteiger partial charge in [-0.2, -0.15) is 4.31 Å². The minimum Gasteiger partial charge on any atom is -0.392 e. The summed E-state index contributed by atoms with van der Waals surface area (Å²) in [6.07, 6.45) is 1.12. The Kier molecular flexibility index (Phi) is 2.79. The molecule has 1 heterocycles. The van der Waals surface area contributed by atoms with E-state index in [-0.39, 0.29) is 0 Å². The van der Waals surface area contributed by atoms with Gasteiger partial charge in [-0.25, -0.2) is 4.21 Å². The molecule has 0 aromatic carbocycles. The third-order valence-electron chi connectivity index (χ3n) is 1.58. The van der Waals surface area contributed by atoms with Crippen molar-refractivity contribution in [3.05, 3.63) is 0 Å². The van der Waals surface area contributed by atoms with Crippen molar-refractivity contribution in [2.75, 3.05) is 13.1 Å². The number of hydrogen-bond donors (Lipinski definition) is 2. The molecule has 5 heteroatoms. The number of hydrogen-bond acceptors (Lipinski definition) is 2. The molecule has 1 fully saturated rings. The third-order valence-corrected chi connectivity index (χ3v) is 2.35. The molecule has 0 spiro atoms. The van der Waals surface area contributed by atoms with Crippen molar-refractivity contribution in [2.24, 2.45) is 0 Å². The lowest BCUT2D eigenvalue weighted by atomic mass is 10.1. The number of piperidine rings is 1. The summed E-state index contributed by atoms with van der Waals surface area (Å²) in [5.74, 6) is 0. The number of rotatable bonds is 1. The van der Waals surface area contributed by atoms with E-state index >= 15 is 0 Å². The zero-order valence-corrected chi connectivity index (χ0v) is 6.38. The molecule has 0 aromatic rings. The maximum atomic E-state index is 10.4. The zero-order chi connectivity index (χ0) is 7.56. The summed E-state index contributed by atoms with van der Waals surface area (Å²) in [5, 5.41) is 9.04. The SMILES string of the molecule is O=S(O)N1CCCC(O)C1. The quantitative estimate of drug-likeness (QED) is 0.519. The molecule has 1 rings (SSSR count). The fourth-order valence-corrected chi connectivity index (χ4v) is 1.65. The van der Waals surface area contributed by atoms with Crippen molar-refractivity contribution in [3.8, 4) is 0 Å². The van der Waals surface area contributed by atoms with Gasteiger partial charge in [0.25, 0.3) is 0 Å². The summed E-state index contributed by atoms with van der Waals surface area (Å²) >= 11 is -1.90. The van der Waals surface area contributed by atoms with Crippen LogP contribution in [0.5, 0.6) is 0 Å². The monoisotopic (exact) mass is 165 g/mol. The first-order chi connectivity index (χ1) is 4.70. The molecule has 0 radical (unpaired) electrons. The number of nitrogens with zero attached hydrogens (tertiary/aromatic N) is 1. The minimum atomic E-state index is -1.90. The van der Waals surface area contributed by atoms with Gasteiger partial charge < -0.3 is 5.11 Å². The van der Waals surface area contributed by atoms with Crippen molar-refractivity contribution >= 4 is 11.3 Å². The van der Waals surface area contributed by atoms with Crippen molar-refractivity contribution in [2.45, 2.75) is 18.9 Å². The molecule has 1 saturated heterocycles. The Morgan fingerprint density at radius 3 is 2.70 bits per heavy atom. The summed E-state index contributed by atoms with van der Waals surface area (Å²) in [7, 11) is 0. The van der Waals surface area contributed by atoms with Gasteiger partial charge >= 0.3 is 0 Å². The summed E-state index contributed by atoms with van der Waals surface area (Å²) in [5.41, 5.74) is 0. The summed E-state index contributed by atoms with van der Waals surface area (Å²) in [4.78, 5) is 0. The van der Waals surface area contributed by atoms with Crippen molar-refractivity contribution in [1.29, 1.82) is 0 Å². The first-order valence-corrected chi connectivity index (χ1v) is 4.30. The van der Waals surface area contributed by atoms with Crippen LogP contribution in [0.15, 0.2) is 0 Å². The highest BCUT2D eigenvalue weighted by Crippen LogP contribution is 2.10. The number of aliphatic hydroxyl groups is 1. The van der Waals surface area contributed by atoms with Gasteiger partial charge in [0.05, 0.1) is 6.10 Å². The van der Waals surface area contributed by atoms with E-state index in [1.807, 2.05) is 0 Å². The molecule has 0 bridgehead atoms. The Morgan fingerprint density at radius 1 is 1.60 bits per heavy atom. The van der Waals surface area contributed by atoms with Gasteiger partial charge in [0.2, 0.25) is 11.3 Å². The van der Waals surface area contributed by atoms with E-state index in [4.69, 9.17) is 9.66 Å². The van der Waals surface area contributed by atoms with Crippen LogP contribution in [0.1, 0.15) is 12.8 Å². The second-order valence-corrected chi connectivity index (χ2v) is 3.39. The molecule has 1 aliphatic heterocycles. The first-order valence-electron chi connectivity index (χ1n) is 3.24. The van der Waals surface area contributed by atoms with Gasteiger partial charge in [-0.3, -0.25) is 4.55 Å². The maximum Gasteiger partial charge on any atom is 0.234 e. The van der Waals surface area contributed by atoms with Gasteiger partial charge in [-0.05, 0) is 12.8 Å². The Labute approximate surface area is 62.3 Å². The second-order valence-electron chi connectivity index (χ2n) is 2.41. The molecule has 0 amide bonds. The first kappa shape index (κ1) is 8.13. The van der Waals surface area contributed by atoms with Crippen molar-refractivity contribution in [1.82, 2.24) is 4.31 Å². The Hall–Kier alpha value is 0.0300. The number of β-amino-alcohol motifs (C(OH)–C–C–N with tert-alkyl or cyclic N) is 1. The molecule has 0 aliphatic carbocycles. The van der Waals surface area contributed by atoms with Crippen LogP contribution < -0.4 is 0 Å².